The quantitative estimate of drug-likeness (QED) is 0.592. The van der Waals surface area contributed by atoms with Gasteiger partial charge in [-0.2, -0.15) is 0 Å². The average Bonchev–Trinajstić information content (AvgIpc) is 2.55. The second kappa shape index (κ2) is 9.15. The molecule has 0 spiro atoms. The lowest BCUT2D eigenvalue weighted by atomic mass is 10.2. The Bertz CT molecular complexity index is 691. The normalized spacial score (nSPS) is 12.7. The van der Waals surface area contributed by atoms with Crippen molar-refractivity contribution < 1.29 is 9.47 Å². The van der Waals surface area contributed by atoms with Gasteiger partial charge in [-0.15, -0.1) is 0 Å². The fraction of sp³-hybridized carbons (Fsp3) is 0.278. The van der Waals surface area contributed by atoms with Crippen LogP contribution in [0.5, 0.6) is 5.75 Å². The van der Waals surface area contributed by atoms with Crippen molar-refractivity contribution >= 4 is 23.2 Å². The topological polar surface area (TPSA) is 68.9 Å². The summed E-state index contributed by atoms with van der Waals surface area (Å²) in [4.78, 5) is 4.32. The highest BCUT2D eigenvalue weighted by Crippen LogP contribution is 2.18. The third-order valence-electron chi connectivity index (χ3n) is 3.23. The molecule has 2 rings (SSSR count). The number of nitrogens with one attached hydrogen (secondary N) is 1. The lowest BCUT2D eigenvalue weighted by molar-refractivity contribution is 0.185. The maximum absolute atomic E-state index is 5.96. The summed E-state index contributed by atoms with van der Waals surface area (Å²) in [6, 6.07) is 15.1. The predicted molar refractivity (Wildman–Crippen MR) is 98.8 cm³/mol. The average molecular weight is 348 g/mol. The highest BCUT2D eigenvalue weighted by atomic mass is 35.5. The van der Waals surface area contributed by atoms with Gasteiger partial charge in [0.25, 0.3) is 0 Å². The molecule has 0 bridgehead atoms. The van der Waals surface area contributed by atoms with Crippen molar-refractivity contribution in [3.63, 3.8) is 0 Å². The summed E-state index contributed by atoms with van der Waals surface area (Å²) >= 11 is 5.94. The number of ether oxygens (including phenoxy) is 2. The third-order valence-corrected chi connectivity index (χ3v) is 3.47. The molecule has 0 aliphatic rings. The molecule has 0 heterocycles. The Hall–Kier alpha value is -2.24. The number of benzene rings is 2. The Morgan fingerprint density at radius 1 is 1.25 bits per heavy atom. The zero-order valence-electron chi connectivity index (χ0n) is 13.8. The minimum Gasteiger partial charge on any atom is -0.489 e. The molecule has 0 radical (unpaired) electrons. The second-order valence-corrected chi connectivity index (χ2v) is 5.76. The summed E-state index contributed by atoms with van der Waals surface area (Å²) in [5.41, 5.74) is 7.85. The SMILES string of the molecule is COCc1ccccc1NC(N)=NCC(C)Oc1cccc(Cl)c1. The molecule has 5 nitrogen and oxygen atoms in total. The minimum absolute atomic E-state index is 0.127. The van der Waals surface area contributed by atoms with Gasteiger partial charge in [-0.3, -0.25) is 0 Å². The number of nitrogens with two attached hydrogens (primary N) is 1. The predicted octanol–water partition coefficient (Wildman–Crippen LogP) is 3.68. The van der Waals surface area contributed by atoms with E-state index in [4.69, 9.17) is 26.8 Å². The summed E-state index contributed by atoms with van der Waals surface area (Å²) in [5, 5.41) is 3.73. The number of aliphatic imine (C=N–C) groups is 1. The number of anilines is 1. The second-order valence-electron chi connectivity index (χ2n) is 5.33. The highest BCUT2D eigenvalue weighted by Gasteiger charge is 2.06. The molecule has 0 amide bonds. The monoisotopic (exact) mass is 347 g/mol. The van der Waals surface area contributed by atoms with Crippen LogP contribution in [-0.4, -0.2) is 25.7 Å². The van der Waals surface area contributed by atoms with Crippen molar-refractivity contribution in [2.24, 2.45) is 10.7 Å². The van der Waals surface area contributed by atoms with E-state index < -0.39 is 0 Å². The molecule has 0 saturated heterocycles. The summed E-state index contributed by atoms with van der Waals surface area (Å²) in [7, 11) is 1.66. The van der Waals surface area contributed by atoms with Crippen molar-refractivity contribution in [1.82, 2.24) is 0 Å². The highest BCUT2D eigenvalue weighted by molar-refractivity contribution is 6.30. The van der Waals surface area contributed by atoms with Crippen LogP contribution < -0.4 is 15.8 Å². The Morgan fingerprint density at radius 3 is 2.79 bits per heavy atom. The first-order chi connectivity index (χ1) is 11.6. The van der Waals surface area contributed by atoms with E-state index in [1.165, 1.54) is 0 Å². The molecule has 24 heavy (non-hydrogen) atoms. The molecule has 128 valence electrons. The number of hydrogen-bond acceptors (Lipinski definition) is 3. The van der Waals surface area contributed by atoms with Gasteiger partial charge in [0, 0.05) is 23.4 Å². The molecular formula is C18H22ClN3O2. The first kappa shape index (κ1) is 18.1. The van der Waals surface area contributed by atoms with Crippen molar-refractivity contribution in [3.8, 4) is 5.75 Å². The number of halogens is 1. The zero-order chi connectivity index (χ0) is 17.4. The molecule has 6 heteroatoms. The van der Waals surface area contributed by atoms with E-state index in [9.17, 15) is 0 Å². The van der Waals surface area contributed by atoms with Gasteiger partial charge in [0.2, 0.25) is 0 Å². The maximum Gasteiger partial charge on any atom is 0.193 e. The fourth-order valence-corrected chi connectivity index (χ4v) is 2.32. The number of hydrogen-bond donors (Lipinski definition) is 2. The standard InChI is InChI=1S/C18H22ClN3O2/c1-13(24-16-8-5-7-15(19)10-16)11-21-18(20)22-17-9-4-3-6-14(17)12-23-2/h3-10,13H,11-12H2,1-2H3,(H3,20,21,22). The van der Waals surface area contributed by atoms with Gasteiger partial charge in [-0.25, -0.2) is 4.99 Å². The Morgan fingerprint density at radius 2 is 2.04 bits per heavy atom. The lowest BCUT2D eigenvalue weighted by Gasteiger charge is -2.14. The maximum atomic E-state index is 5.96. The molecule has 0 fully saturated rings. The van der Waals surface area contributed by atoms with E-state index in [0.29, 0.717) is 29.9 Å². The molecule has 0 aromatic heterocycles. The third kappa shape index (κ3) is 5.76. The molecule has 3 N–H and O–H groups in total. The van der Waals surface area contributed by atoms with Gasteiger partial charge in [0.05, 0.1) is 13.2 Å². The van der Waals surface area contributed by atoms with Crippen LogP contribution in [0.15, 0.2) is 53.5 Å². The largest absolute Gasteiger partial charge is 0.489 e. The minimum atomic E-state index is -0.127. The van der Waals surface area contributed by atoms with Crippen LogP contribution in [0.25, 0.3) is 0 Å². The number of para-hydroxylation sites is 1. The number of rotatable bonds is 7. The summed E-state index contributed by atoms with van der Waals surface area (Å²) in [6.45, 7) is 2.86. The zero-order valence-corrected chi connectivity index (χ0v) is 14.6. The van der Waals surface area contributed by atoms with E-state index in [0.717, 1.165) is 11.3 Å². The van der Waals surface area contributed by atoms with Gasteiger partial charge >= 0.3 is 0 Å². The van der Waals surface area contributed by atoms with Crippen LogP contribution in [0.3, 0.4) is 0 Å². The van der Waals surface area contributed by atoms with Crippen LogP contribution in [0.2, 0.25) is 5.02 Å². The van der Waals surface area contributed by atoms with Crippen molar-refractivity contribution in [1.29, 1.82) is 0 Å². The van der Waals surface area contributed by atoms with E-state index >= 15 is 0 Å². The Labute approximate surface area is 147 Å². The molecule has 1 atom stereocenters. The number of guanidine groups is 1. The van der Waals surface area contributed by atoms with Crippen LogP contribution in [-0.2, 0) is 11.3 Å². The van der Waals surface area contributed by atoms with Crippen LogP contribution in [0, 0.1) is 0 Å². The molecule has 2 aromatic rings. The molecule has 0 aliphatic carbocycles. The van der Waals surface area contributed by atoms with E-state index in [1.54, 1.807) is 19.2 Å². The van der Waals surface area contributed by atoms with Gasteiger partial charge in [0.15, 0.2) is 5.96 Å². The summed E-state index contributed by atoms with van der Waals surface area (Å²) in [6.07, 6.45) is -0.127. The lowest BCUT2D eigenvalue weighted by Crippen LogP contribution is -2.26. The van der Waals surface area contributed by atoms with Gasteiger partial charge in [0.1, 0.15) is 11.9 Å². The van der Waals surface area contributed by atoms with Crippen molar-refractivity contribution in [3.05, 3.63) is 59.1 Å². The Kier molecular flexibility index (Phi) is 6.90. The van der Waals surface area contributed by atoms with Crippen LogP contribution in [0.1, 0.15) is 12.5 Å². The van der Waals surface area contributed by atoms with Crippen LogP contribution >= 0.6 is 11.6 Å². The molecular weight excluding hydrogens is 326 g/mol. The van der Waals surface area contributed by atoms with Gasteiger partial charge in [-0.05, 0) is 31.2 Å². The van der Waals surface area contributed by atoms with Gasteiger partial charge in [-0.1, -0.05) is 35.9 Å². The first-order valence-corrected chi connectivity index (χ1v) is 8.02. The molecule has 2 aromatic carbocycles. The number of methoxy groups -OCH3 is 1. The smallest absolute Gasteiger partial charge is 0.193 e. The molecule has 1 unspecified atom stereocenters. The van der Waals surface area contributed by atoms with Crippen molar-refractivity contribution in [2.75, 3.05) is 19.0 Å². The molecule has 0 aliphatic heterocycles. The van der Waals surface area contributed by atoms with E-state index in [1.807, 2.05) is 43.3 Å². The summed E-state index contributed by atoms with van der Waals surface area (Å²) < 4.78 is 10.9. The first-order valence-electron chi connectivity index (χ1n) is 7.64. The van der Waals surface area contributed by atoms with E-state index in [-0.39, 0.29) is 6.10 Å². The number of nitrogens with zero attached hydrogens (tertiary/aromatic N) is 1. The summed E-state index contributed by atoms with van der Waals surface area (Å²) in [5.74, 6) is 1.04. The van der Waals surface area contributed by atoms with Gasteiger partial charge < -0.3 is 20.5 Å². The van der Waals surface area contributed by atoms with E-state index in [2.05, 4.69) is 10.3 Å². The fourth-order valence-electron chi connectivity index (χ4n) is 2.14. The van der Waals surface area contributed by atoms with Crippen LogP contribution in [0.4, 0.5) is 5.69 Å². The Balaban J connectivity index is 1.91. The van der Waals surface area contributed by atoms with Crippen molar-refractivity contribution in [2.45, 2.75) is 19.6 Å². The molecule has 0 saturated carbocycles.